The molecule has 2 saturated heterocycles. The van der Waals surface area contributed by atoms with E-state index in [4.69, 9.17) is 9.31 Å². The van der Waals surface area contributed by atoms with Crippen LogP contribution in [0.5, 0.6) is 0 Å². The number of piperidine rings is 1. The SMILES string of the molecule is CC(=O)N1CCC[C@@H](CNc2ncc(B3OC(C)(C)C(C)(C)O3)cn2)C1. The topological polar surface area (TPSA) is 76.6 Å². The van der Waals surface area contributed by atoms with Gasteiger partial charge in [-0.05, 0) is 46.5 Å². The highest BCUT2D eigenvalue weighted by Crippen LogP contribution is 2.36. The van der Waals surface area contributed by atoms with Crippen molar-refractivity contribution in [3.05, 3.63) is 12.4 Å². The fourth-order valence-corrected chi connectivity index (χ4v) is 3.28. The molecule has 2 aliphatic heterocycles. The Kier molecular flexibility index (Phi) is 5.26. The fraction of sp³-hybridized carbons (Fsp3) is 0.722. The van der Waals surface area contributed by atoms with Crippen molar-refractivity contribution in [1.29, 1.82) is 0 Å². The Bertz CT molecular complexity index is 634. The van der Waals surface area contributed by atoms with Crippen LogP contribution >= 0.6 is 0 Å². The van der Waals surface area contributed by atoms with Crippen molar-refractivity contribution in [2.45, 2.75) is 58.7 Å². The molecule has 1 atom stereocenters. The molecule has 0 aromatic carbocycles. The average molecular weight is 360 g/mol. The lowest BCUT2D eigenvalue weighted by molar-refractivity contribution is -0.130. The van der Waals surface area contributed by atoms with Gasteiger partial charge in [0.2, 0.25) is 11.9 Å². The van der Waals surface area contributed by atoms with Crippen LogP contribution in [0, 0.1) is 5.92 Å². The van der Waals surface area contributed by atoms with E-state index < -0.39 is 7.12 Å². The number of nitrogens with one attached hydrogen (secondary N) is 1. The highest BCUT2D eigenvalue weighted by Gasteiger charge is 2.51. The van der Waals surface area contributed by atoms with E-state index in [-0.39, 0.29) is 17.1 Å². The molecule has 142 valence electrons. The van der Waals surface area contributed by atoms with E-state index in [1.807, 2.05) is 32.6 Å². The normalized spacial score (nSPS) is 24.6. The zero-order chi connectivity index (χ0) is 18.9. The molecular formula is C18H29BN4O3. The second-order valence-corrected chi connectivity index (χ2v) is 8.28. The van der Waals surface area contributed by atoms with Crippen LogP contribution in [-0.2, 0) is 14.1 Å². The van der Waals surface area contributed by atoms with Gasteiger partial charge in [-0.25, -0.2) is 9.97 Å². The monoisotopic (exact) mass is 360 g/mol. The van der Waals surface area contributed by atoms with E-state index in [1.54, 1.807) is 19.3 Å². The van der Waals surface area contributed by atoms with Gasteiger partial charge in [0.25, 0.3) is 0 Å². The maximum absolute atomic E-state index is 11.5. The Balaban J connectivity index is 1.55. The first-order valence-electron chi connectivity index (χ1n) is 9.35. The Morgan fingerprint density at radius 1 is 1.27 bits per heavy atom. The van der Waals surface area contributed by atoms with Gasteiger partial charge < -0.3 is 19.5 Å². The zero-order valence-corrected chi connectivity index (χ0v) is 16.4. The molecule has 0 saturated carbocycles. The standard InChI is InChI=1S/C18H29BN4O3/c1-13(24)23-8-6-7-14(12-23)9-20-16-21-10-15(11-22-16)19-25-17(2,3)18(4,5)26-19/h10-11,14H,6-9,12H2,1-5H3,(H,20,21,22)/t14-/m0/s1. The minimum absolute atomic E-state index is 0.151. The third-order valence-corrected chi connectivity index (χ3v) is 5.71. The maximum Gasteiger partial charge on any atom is 0.498 e. The maximum atomic E-state index is 11.5. The number of anilines is 1. The number of carbonyl (C=O) groups is 1. The van der Waals surface area contributed by atoms with Crippen molar-refractivity contribution in [2.75, 3.05) is 25.0 Å². The molecule has 0 spiro atoms. The Morgan fingerprint density at radius 3 is 2.46 bits per heavy atom. The van der Waals surface area contributed by atoms with Gasteiger partial charge in [-0.15, -0.1) is 0 Å². The lowest BCUT2D eigenvalue weighted by Crippen LogP contribution is -2.41. The van der Waals surface area contributed by atoms with E-state index in [1.165, 1.54) is 0 Å². The van der Waals surface area contributed by atoms with Gasteiger partial charge in [-0.1, -0.05) is 0 Å². The third kappa shape index (κ3) is 4.01. The molecule has 1 amide bonds. The first-order chi connectivity index (χ1) is 12.2. The number of likely N-dealkylation sites (tertiary alicyclic amines) is 1. The van der Waals surface area contributed by atoms with E-state index in [2.05, 4.69) is 15.3 Å². The van der Waals surface area contributed by atoms with Crippen LogP contribution in [0.4, 0.5) is 5.95 Å². The number of carbonyl (C=O) groups excluding carboxylic acids is 1. The molecule has 0 aliphatic carbocycles. The third-order valence-electron chi connectivity index (χ3n) is 5.71. The van der Waals surface area contributed by atoms with Crippen molar-refractivity contribution in [3.63, 3.8) is 0 Å². The number of amides is 1. The fourth-order valence-electron chi connectivity index (χ4n) is 3.28. The predicted octanol–water partition coefficient (Wildman–Crippen LogP) is 1.45. The molecule has 1 aromatic heterocycles. The van der Waals surface area contributed by atoms with E-state index in [9.17, 15) is 4.79 Å². The Morgan fingerprint density at radius 2 is 1.88 bits per heavy atom. The highest BCUT2D eigenvalue weighted by molar-refractivity contribution is 6.61. The molecule has 1 aromatic rings. The molecule has 3 rings (SSSR count). The van der Waals surface area contributed by atoms with Gasteiger partial charge in [0.1, 0.15) is 0 Å². The molecule has 0 radical (unpaired) electrons. The molecule has 7 nitrogen and oxygen atoms in total. The molecule has 3 heterocycles. The van der Waals surface area contributed by atoms with Crippen LogP contribution in [0.25, 0.3) is 0 Å². The first-order valence-corrected chi connectivity index (χ1v) is 9.35. The lowest BCUT2D eigenvalue weighted by atomic mass is 9.81. The number of hydrogen-bond acceptors (Lipinski definition) is 6. The van der Waals surface area contributed by atoms with Gasteiger partial charge in [0.15, 0.2) is 0 Å². The van der Waals surface area contributed by atoms with Crippen LogP contribution in [0.15, 0.2) is 12.4 Å². The van der Waals surface area contributed by atoms with Gasteiger partial charge in [0.05, 0.1) is 11.2 Å². The van der Waals surface area contributed by atoms with Crippen molar-refractivity contribution < 1.29 is 14.1 Å². The second-order valence-electron chi connectivity index (χ2n) is 8.28. The van der Waals surface area contributed by atoms with Crippen LogP contribution in [0.1, 0.15) is 47.5 Å². The minimum atomic E-state index is -0.448. The molecule has 0 bridgehead atoms. The Hall–Kier alpha value is -1.67. The second kappa shape index (κ2) is 7.16. The van der Waals surface area contributed by atoms with Gasteiger partial charge in [0, 0.05) is 44.4 Å². The van der Waals surface area contributed by atoms with Crippen LogP contribution in [0.3, 0.4) is 0 Å². The largest absolute Gasteiger partial charge is 0.498 e. The summed E-state index contributed by atoms with van der Waals surface area (Å²) in [5.74, 6) is 1.17. The van der Waals surface area contributed by atoms with E-state index in [0.717, 1.165) is 37.9 Å². The van der Waals surface area contributed by atoms with Crippen LogP contribution in [0.2, 0.25) is 0 Å². The van der Waals surface area contributed by atoms with Crippen molar-refractivity contribution in [2.24, 2.45) is 5.92 Å². The summed E-state index contributed by atoms with van der Waals surface area (Å²) < 4.78 is 12.0. The van der Waals surface area contributed by atoms with E-state index in [0.29, 0.717) is 11.9 Å². The predicted molar refractivity (Wildman–Crippen MR) is 101 cm³/mol. The molecule has 2 fully saturated rings. The number of hydrogen-bond donors (Lipinski definition) is 1. The summed E-state index contributed by atoms with van der Waals surface area (Å²) in [5.41, 5.74) is 0.0608. The van der Waals surface area contributed by atoms with Crippen molar-refractivity contribution in [3.8, 4) is 0 Å². The molecular weight excluding hydrogens is 331 g/mol. The highest BCUT2D eigenvalue weighted by atomic mass is 16.7. The summed E-state index contributed by atoms with van der Waals surface area (Å²) in [4.78, 5) is 22.2. The quantitative estimate of drug-likeness (QED) is 0.819. The summed E-state index contributed by atoms with van der Waals surface area (Å²) in [5, 5.41) is 3.28. The minimum Gasteiger partial charge on any atom is -0.399 e. The smallest absolute Gasteiger partial charge is 0.399 e. The first kappa shape index (κ1) is 19.1. The van der Waals surface area contributed by atoms with Crippen molar-refractivity contribution >= 4 is 24.4 Å². The number of nitrogens with zero attached hydrogens (tertiary/aromatic N) is 3. The van der Waals surface area contributed by atoms with Crippen molar-refractivity contribution in [1.82, 2.24) is 14.9 Å². The molecule has 1 N–H and O–H groups in total. The van der Waals surface area contributed by atoms with Crippen LogP contribution < -0.4 is 10.8 Å². The Labute approximate surface area is 156 Å². The zero-order valence-electron chi connectivity index (χ0n) is 16.4. The number of rotatable bonds is 4. The number of aromatic nitrogens is 2. The summed E-state index contributed by atoms with van der Waals surface area (Å²) in [7, 11) is -0.448. The van der Waals surface area contributed by atoms with E-state index >= 15 is 0 Å². The summed E-state index contributed by atoms with van der Waals surface area (Å²) >= 11 is 0. The molecule has 8 heteroatoms. The summed E-state index contributed by atoms with van der Waals surface area (Å²) in [6, 6.07) is 0. The molecule has 26 heavy (non-hydrogen) atoms. The molecule has 2 aliphatic rings. The molecule has 0 unspecified atom stereocenters. The average Bonchev–Trinajstić information content (AvgIpc) is 2.81. The summed E-state index contributed by atoms with van der Waals surface area (Å²) in [6.07, 6.45) is 5.66. The van der Waals surface area contributed by atoms with Crippen LogP contribution in [-0.4, -0.2) is 58.7 Å². The summed E-state index contributed by atoms with van der Waals surface area (Å²) in [6.45, 7) is 12.2. The lowest BCUT2D eigenvalue weighted by Gasteiger charge is -2.32. The van der Waals surface area contributed by atoms with Gasteiger partial charge in [-0.2, -0.15) is 0 Å². The van der Waals surface area contributed by atoms with Gasteiger partial charge in [-0.3, -0.25) is 4.79 Å². The van der Waals surface area contributed by atoms with Gasteiger partial charge >= 0.3 is 7.12 Å².